The van der Waals surface area contributed by atoms with Crippen LogP contribution in [-0.2, 0) is 16.0 Å². The molecule has 3 rings (SSSR count). The van der Waals surface area contributed by atoms with Gasteiger partial charge in [0.2, 0.25) is 11.8 Å². The summed E-state index contributed by atoms with van der Waals surface area (Å²) < 4.78 is 7.33. The van der Waals surface area contributed by atoms with Gasteiger partial charge >= 0.3 is 0 Å². The van der Waals surface area contributed by atoms with Gasteiger partial charge in [0.25, 0.3) is 0 Å². The Morgan fingerprint density at radius 2 is 2.17 bits per heavy atom. The zero-order valence-corrected chi connectivity index (χ0v) is 13.9. The summed E-state index contributed by atoms with van der Waals surface area (Å²) in [5, 5.41) is 1.06. The number of fused-ring (bicyclic) bond motifs is 1. The first-order valence-electron chi connectivity index (χ1n) is 8.22. The third-order valence-electron chi connectivity index (χ3n) is 4.42. The Kier molecular flexibility index (Phi) is 4.97. The lowest BCUT2D eigenvalue weighted by molar-refractivity contribution is -0.119. The second kappa shape index (κ2) is 7.15. The van der Waals surface area contributed by atoms with Gasteiger partial charge in [-0.15, -0.1) is 0 Å². The fraction of sp³-hybridized carbons (Fsp3) is 0.444. The molecule has 0 bridgehead atoms. The molecule has 1 aliphatic rings. The van der Waals surface area contributed by atoms with Crippen LogP contribution < -0.4 is 5.73 Å². The molecular weight excluding hydrogens is 306 g/mol. The van der Waals surface area contributed by atoms with Gasteiger partial charge in [-0.25, -0.2) is 0 Å². The topological polar surface area (TPSA) is 77.6 Å². The number of nitrogens with zero attached hydrogens (tertiary/aromatic N) is 2. The van der Waals surface area contributed by atoms with Gasteiger partial charge in [0.1, 0.15) is 0 Å². The van der Waals surface area contributed by atoms with Gasteiger partial charge < -0.3 is 10.5 Å². The number of ether oxygens (including phenoxy) is 1. The van der Waals surface area contributed by atoms with Crippen molar-refractivity contribution in [3.63, 3.8) is 0 Å². The predicted octanol–water partition coefficient (Wildman–Crippen LogP) is 1.28. The van der Waals surface area contributed by atoms with Gasteiger partial charge in [-0.2, -0.15) is 0 Å². The molecule has 1 aromatic carbocycles. The first kappa shape index (κ1) is 16.7. The molecule has 1 saturated heterocycles. The van der Waals surface area contributed by atoms with E-state index in [0.717, 1.165) is 30.4 Å². The largest absolute Gasteiger partial charge is 0.380 e. The minimum Gasteiger partial charge on any atom is -0.380 e. The molecule has 0 radical (unpaired) electrons. The SMILES string of the molecule is CC(=O)n1ccc2cc(C[C@@H]3COCCN(CC(N)=O)C3)ccc21. The molecule has 1 fully saturated rings. The van der Waals surface area contributed by atoms with Gasteiger partial charge in [0, 0.05) is 31.6 Å². The molecule has 0 unspecified atom stereocenters. The summed E-state index contributed by atoms with van der Waals surface area (Å²) in [6.45, 7) is 4.69. The molecule has 128 valence electrons. The van der Waals surface area contributed by atoms with Crippen LogP contribution in [0.4, 0.5) is 0 Å². The number of aromatic nitrogens is 1. The number of benzene rings is 1. The van der Waals surface area contributed by atoms with Crippen molar-refractivity contribution >= 4 is 22.7 Å². The Balaban J connectivity index is 1.73. The number of carbonyl (C=O) groups excluding carboxylic acids is 2. The molecule has 0 saturated carbocycles. The van der Waals surface area contributed by atoms with Crippen molar-refractivity contribution < 1.29 is 14.3 Å². The van der Waals surface area contributed by atoms with Gasteiger partial charge in [-0.05, 0) is 36.1 Å². The van der Waals surface area contributed by atoms with E-state index >= 15 is 0 Å². The molecule has 6 nitrogen and oxygen atoms in total. The van der Waals surface area contributed by atoms with Gasteiger partial charge in [-0.3, -0.25) is 19.1 Å². The number of nitrogens with two attached hydrogens (primary N) is 1. The summed E-state index contributed by atoms with van der Waals surface area (Å²) in [5.74, 6) is 0.0267. The van der Waals surface area contributed by atoms with Crippen LogP contribution in [0.25, 0.3) is 10.9 Å². The van der Waals surface area contributed by atoms with Crippen LogP contribution in [0, 0.1) is 5.92 Å². The molecule has 1 aromatic heterocycles. The molecular formula is C18H23N3O3. The lowest BCUT2D eigenvalue weighted by Crippen LogP contribution is -2.37. The molecule has 6 heteroatoms. The summed E-state index contributed by atoms with van der Waals surface area (Å²) in [5.41, 5.74) is 7.45. The highest BCUT2D eigenvalue weighted by Crippen LogP contribution is 2.21. The zero-order chi connectivity index (χ0) is 17.1. The predicted molar refractivity (Wildman–Crippen MR) is 91.9 cm³/mol. The van der Waals surface area contributed by atoms with E-state index < -0.39 is 0 Å². The van der Waals surface area contributed by atoms with E-state index in [1.807, 2.05) is 12.1 Å². The fourth-order valence-corrected chi connectivity index (χ4v) is 3.37. The fourth-order valence-electron chi connectivity index (χ4n) is 3.37. The van der Waals surface area contributed by atoms with Crippen LogP contribution in [0.5, 0.6) is 0 Å². The summed E-state index contributed by atoms with van der Waals surface area (Å²) in [7, 11) is 0. The van der Waals surface area contributed by atoms with Crippen LogP contribution >= 0.6 is 0 Å². The third kappa shape index (κ3) is 3.83. The van der Waals surface area contributed by atoms with Crippen LogP contribution in [0.15, 0.2) is 30.5 Å². The molecule has 1 atom stereocenters. The van der Waals surface area contributed by atoms with Crippen LogP contribution in [0.3, 0.4) is 0 Å². The number of hydrogen-bond donors (Lipinski definition) is 1. The van der Waals surface area contributed by atoms with Crippen LogP contribution in [0.2, 0.25) is 0 Å². The second-order valence-corrected chi connectivity index (χ2v) is 6.44. The van der Waals surface area contributed by atoms with Crippen molar-refractivity contribution in [3.8, 4) is 0 Å². The highest BCUT2D eigenvalue weighted by atomic mass is 16.5. The normalized spacial score (nSPS) is 19.3. The van der Waals surface area contributed by atoms with Crippen molar-refractivity contribution in [2.45, 2.75) is 13.3 Å². The maximum atomic E-state index is 11.6. The second-order valence-electron chi connectivity index (χ2n) is 6.44. The van der Waals surface area contributed by atoms with E-state index in [-0.39, 0.29) is 18.4 Å². The van der Waals surface area contributed by atoms with Crippen LogP contribution in [0.1, 0.15) is 17.3 Å². The highest BCUT2D eigenvalue weighted by molar-refractivity contribution is 5.91. The highest BCUT2D eigenvalue weighted by Gasteiger charge is 2.20. The van der Waals surface area contributed by atoms with E-state index in [1.54, 1.807) is 17.7 Å². The van der Waals surface area contributed by atoms with E-state index in [2.05, 4.69) is 17.0 Å². The standard InChI is InChI=1S/C18H23N3O3/c1-13(22)21-5-4-16-9-14(2-3-17(16)21)8-15-10-20(11-18(19)23)6-7-24-12-15/h2-5,9,15H,6-8,10-12H2,1H3,(H2,19,23)/t15-/m0/s1. The quantitative estimate of drug-likeness (QED) is 0.916. The molecule has 2 N–H and O–H groups in total. The van der Waals surface area contributed by atoms with Crippen molar-refractivity contribution in [2.75, 3.05) is 32.8 Å². The van der Waals surface area contributed by atoms with Crippen molar-refractivity contribution in [2.24, 2.45) is 11.7 Å². The number of hydrogen-bond acceptors (Lipinski definition) is 4. The summed E-state index contributed by atoms with van der Waals surface area (Å²) in [6.07, 6.45) is 2.68. The first-order valence-corrected chi connectivity index (χ1v) is 8.22. The van der Waals surface area contributed by atoms with Gasteiger partial charge in [0.05, 0.1) is 25.3 Å². The Bertz CT molecular complexity index is 753. The number of rotatable bonds is 4. The summed E-state index contributed by atoms with van der Waals surface area (Å²) in [4.78, 5) is 24.8. The number of primary amides is 1. The Morgan fingerprint density at radius 3 is 2.92 bits per heavy atom. The lowest BCUT2D eigenvalue weighted by atomic mass is 9.98. The Morgan fingerprint density at radius 1 is 1.33 bits per heavy atom. The van der Waals surface area contributed by atoms with E-state index in [4.69, 9.17) is 10.5 Å². The molecule has 1 aliphatic heterocycles. The van der Waals surface area contributed by atoms with Crippen molar-refractivity contribution in [1.29, 1.82) is 0 Å². The molecule has 0 aliphatic carbocycles. The number of amides is 1. The lowest BCUT2D eigenvalue weighted by Gasteiger charge is -2.22. The zero-order valence-electron chi connectivity index (χ0n) is 13.9. The minimum absolute atomic E-state index is 0.0111. The first-order chi connectivity index (χ1) is 11.5. The number of carbonyl (C=O) groups is 2. The van der Waals surface area contributed by atoms with Crippen molar-refractivity contribution in [3.05, 3.63) is 36.0 Å². The average Bonchev–Trinajstić information content (AvgIpc) is 2.82. The third-order valence-corrected chi connectivity index (χ3v) is 4.42. The van der Waals surface area contributed by atoms with E-state index in [9.17, 15) is 9.59 Å². The smallest absolute Gasteiger partial charge is 0.231 e. The van der Waals surface area contributed by atoms with E-state index in [1.165, 1.54) is 5.56 Å². The van der Waals surface area contributed by atoms with E-state index in [0.29, 0.717) is 19.1 Å². The van der Waals surface area contributed by atoms with Crippen LogP contribution in [-0.4, -0.2) is 54.1 Å². The maximum Gasteiger partial charge on any atom is 0.231 e. The average molecular weight is 329 g/mol. The Labute approximate surface area is 141 Å². The maximum absolute atomic E-state index is 11.6. The van der Waals surface area contributed by atoms with Crippen molar-refractivity contribution in [1.82, 2.24) is 9.47 Å². The molecule has 24 heavy (non-hydrogen) atoms. The molecule has 2 heterocycles. The van der Waals surface area contributed by atoms with Gasteiger partial charge in [0.15, 0.2) is 0 Å². The summed E-state index contributed by atoms with van der Waals surface area (Å²) in [6, 6.07) is 8.14. The summed E-state index contributed by atoms with van der Waals surface area (Å²) >= 11 is 0. The molecule has 1 amide bonds. The Hall–Kier alpha value is -2.18. The minimum atomic E-state index is -0.303. The molecule has 0 spiro atoms. The van der Waals surface area contributed by atoms with Gasteiger partial charge in [-0.1, -0.05) is 6.07 Å². The molecule has 2 aromatic rings. The monoisotopic (exact) mass is 329 g/mol.